The minimum atomic E-state index is -3.49. The molecule has 100 valence electrons. The zero-order chi connectivity index (χ0) is 13.1. The van der Waals surface area contributed by atoms with Crippen LogP contribution in [0.25, 0.3) is 0 Å². The first-order valence-corrected chi connectivity index (χ1v) is 7.72. The van der Waals surface area contributed by atoms with E-state index in [0.29, 0.717) is 0 Å². The van der Waals surface area contributed by atoms with Gasteiger partial charge >= 0.3 is 0 Å². The van der Waals surface area contributed by atoms with Gasteiger partial charge in [0.25, 0.3) is 0 Å². The quantitative estimate of drug-likeness (QED) is 0.777. The first kappa shape index (κ1) is 14.4. The number of hydrogen-bond acceptors (Lipinski definition) is 3. The van der Waals surface area contributed by atoms with Crippen molar-refractivity contribution in [3.8, 4) is 0 Å². The summed E-state index contributed by atoms with van der Waals surface area (Å²) in [6.45, 7) is 4.29. The zero-order valence-electron chi connectivity index (χ0n) is 10.5. The fourth-order valence-electron chi connectivity index (χ4n) is 2.42. The number of amides is 1. The van der Waals surface area contributed by atoms with Crippen molar-refractivity contribution in [3.63, 3.8) is 0 Å². The van der Waals surface area contributed by atoms with Gasteiger partial charge in [0.05, 0.1) is 5.75 Å². The van der Waals surface area contributed by atoms with Crippen LogP contribution in [0.3, 0.4) is 0 Å². The van der Waals surface area contributed by atoms with Crippen molar-refractivity contribution < 1.29 is 13.2 Å². The monoisotopic (exact) mass is 262 g/mol. The molecular formula is C11H22N2O3S. The van der Waals surface area contributed by atoms with E-state index in [-0.39, 0.29) is 29.5 Å². The molecule has 0 aromatic carbocycles. The molecule has 0 aromatic heterocycles. The Morgan fingerprint density at radius 3 is 2.59 bits per heavy atom. The van der Waals surface area contributed by atoms with Crippen LogP contribution in [0.2, 0.25) is 0 Å². The Hall–Kier alpha value is -0.620. The second-order valence-corrected chi connectivity index (χ2v) is 7.18. The summed E-state index contributed by atoms with van der Waals surface area (Å²) in [5, 5.41) is 7.54. The molecule has 6 heteroatoms. The lowest BCUT2D eigenvalue weighted by molar-refractivity contribution is -0.130. The molecule has 1 rings (SSSR count). The smallest absolute Gasteiger partial charge is 0.223 e. The van der Waals surface area contributed by atoms with E-state index in [4.69, 9.17) is 5.14 Å². The van der Waals surface area contributed by atoms with Crippen LogP contribution in [0.5, 0.6) is 0 Å². The van der Waals surface area contributed by atoms with Crippen LogP contribution < -0.4 is 10.5 Å². The van der Waals surface area contributed by atoms with Crippen LogP contribution in [0.4, 0.5) is 0 Å². The lowest BCUT2D eigenvalue weighted by atomic mass is 9.68. The van der Waals surface area contributed by atoms with Crippen molar-refractivity contribution in [1.29, 1.82) is 0 Å². The Morgan fingerprint density at radius 1 is 1.41 bits per heavy atom. The second-order valence-electron chi connectivity index (χ2n) is 5.44. The molecule has 5 nitrogen and oxygen atoms in total. The Balaban J connectivity index is 2.47. The predicted molar refractivity (Wildman–Crippen MR) is 66.7 cm³/mol. The molecule has 1 aliphatic carbocycles. The summed E-state index contributed by atoms with van der Waals surface area (Å²) in [4.78, 5) is 12.0. The number of nitrogens with one attached hydrogen (secondary N) is 1. The summed E-state index contributed by atoms with van der Waals surface area (Å²) in [5.74, 6) is -0.263. The van der Waals surface area contributed by atoms with Gasteiger partial charge in [-0.3, -0.25) is 4.79 Å². The van der Waals surface area contributed by atoms with Gasteiger partial charge < -0.3 is 5.32 Å². The molecule has 0 bridgehead atoms. The molecule has 3 N–H and O–H groups in total. The van der Waals surface area contributed by atoms with Crippen molar-refractivity contribution >= 4 is 15.9 Å². The van der Waals surface area contributed by atoms with Gasteiger partial charge in [0, 0.05) is 12.5 Å². The van der Waals surface area contributed by atoms with E-state index in [2.05, 4.69) is 19.2 Å². The number of sulfonamides is 1. The molecule has 0 spiro atoms. The average molecular weight is 262 g/mol. The predicted octanol–water partition coefficient (Wildman–Crippen LogP) is 0.608. The highest BCUT2D eigenvalue weighted by atomic mass is 32.2. The number of hydrogen-bond donors (Lipinski definition) is 2. The fraction of sp³-hybridized carbons (Fsp3) is 0.909. The third-order valence-corrected chi connectivity index (χ3v) is 4.28. The molecule has 1 atom stereocenters. The number of rotatable bonds is 4. The van der Waals surface area contributed by atoms with E-state index in [1.54, 1.807) is 0 Å². The van der Waals surface area contributed by atoms with Crippen LogP contribution in [-0.2, 0) is 14.8 Å². The SMILES string of the molecule is CC1(C)CCCC[C@@H]1C(=O)NCCS(N)(=O)=O. The topological polar surface area (TPSA) is 89.3 Å². The summed E-state index contributed by atoms with van der Waals surface area (Å²) in [6, 6.07) is 0. The molecule has 0 heterocycles. The van der Waals surface area contributed by atoms with Gasteiger partial charge in [-0.2, -0.15) is 0 Å². The first-order chi connectivity index (χ1) is 7.72. The van der Waals surface area contributed by atoms with Gasteiger partial charge in [0.2, 0.25) is 15.9 Å². The summed E-state index contributed by atoms with van der Waals surface area (Å²) < 4.78 is 21.5. The Morgan fingerprint density at radius 2 is 2.06 bits per heavy atom. The van der Waals surface area contributed by atoms with E-state index in [9.17, 15) is 13.2 Å². The van der Waals surface area contributed by atoms with Crippen molar-refractivity contribution in [3.05, 3.63) is 0 Å². The standard InChI is InChI=1S/C11H22N2O3S/c1-11(2)6-4-3-5-9(11)10(14)13-7-8-17(12,15)16/h9H,3-8H2,1-2H3,(H,13,14)(H2,12,15,16)/t9-/m1/s1. The third kappa shape index (κ3) is 4.63. The van der Waals surface area contributed by atoms with Crippen LogP contribution in [0, 0.1) is 11.3 Å². The Labute approximate surface area is 103 Å². The number of carbonyl (C=O) groups excluding carboxylic acids is 1. The summed E-state index contributed by atoms with van der Waals surface area (Å²) in [7, 11) is -3.49. The molecule has 1 saturated carbocycles. The third-order valence-electron chi connectivity index (χ3n) is 3.51. The number of primary sulfonamides is 1. The van der Waals surface area contributed by atoms with Crippen molar-refractivity contribution in [2.45, 2.75) is 39.5 Å². The first-order valence-electron chi connectivity index (χ1n) is 6.00. The molecule has 0 radical (unpaired) electrons. The van der Waals surface area contributed by atoms with E-state index in [0.717, 1.165) is 25.7 Å². The maximum atomic E-state index is 12.0. The molecule has 0 unspecified atom stereocenters. The van der Waals surface area contributed by atoms with Gasteiger partial charge in [-0.25, -0.2) is 13.6 Å². The van der Waals surface area contributed by atoms with Crippen LogP contribution in [-0.4, -0.2) is 26.6 Å². The molecule has 1 aliphatic rings. The molecule has 1 amide bonds. The average Bonchev–Trinajstić information content (AvgIpc) is 2.14. The van der Waals surface area contributed by atoms with E-state index < -0.39 is 10.0 Å². The molecule has 1 fully saturated rings. The van der Waals surface area contributed by atoms with Gasteiger partial charge in [0.1, 0.15) is 0 Å². The lowest BCUT2D eigenvalue weighted by Crippen LogP contribution is -2.42. The maximum absolute atomic E-state index is 12.0. The Bertz CT molecular complexity index is 376. The van der Waals surface area contributed by atoms with Crippen molar-refractivity contribution in [2.24, 2.45) is 16.5 Å². The fourth-order valence-corrected chi connectivity index (χ4v) is 2.81. The molecule has 0 aromatic rings. The van der Waals surface area contributed by atoms with E-state index in [1.165, 1.54) is 0 Å². The number of carbonyl (C=O) groups is 1. The Kier molecular flexibility index (Phi) is 4.55. The van der Waals surface area contributed by atoms with Crippen LogP contribution in [0.15, 0.2) is 0 Å². The normalized spacial score (nSPS) is 24.3. The van der Waals surface area contributed by atoms with Crippen molar-refractivity contribution in [1.82, 2.24) is 5.32 Å². The number of nitrogens with two attached hydrogens (primary N) is 1. The van der Waals surface area contributed by atoms with Gasteiger partial charge in [-0.05, 0) is 18.3 Å². The molecule has 0 saturated heterocycles. The summed E-state index contributed by atoms with van der Waals surface area (Å²) in [5.41, 5.74) is 0.00389. The van der Waals surface area contributed by atoms with Gasteiger partial charge in [0.15, 0.2) is 0 Å². The highest BCUT2D eigenvalue weighted by molar-refractivity contribution is 7.89. The lowest BCUT2D eigenvalue weighted by Gasteiger charge is -2.37. The zero-order valence-corrected chi connectivity index (χ0v) is 11.3. The minimum Gasteiger partial charge on any atom is -0.355 e. The van der Waals surface area contributed by atoms with E-state index in [1.807, 2.05) is 0 Å². The summed E-state index contributed by atoms with van der Waals surface area (Å²) in [6.07, 6.45) is 4.15. The van der Waals surface area contributed by atoms with Crippen molar-refractivity contribution in [2.75, 3.05) is 12.3 Å². The minimum absolute atomic E-state index is 0.00389. The molecular weight excluding hydrogens is 240 g/mol. The highest BCUT2D eigenvalue weighted by Gasteiger charge is 2.36. The maximum Gasteiger partial charge on any atom is 0.223 e. The van der Waals surface area contributed by atoms with Gasteiger partial charge in [-0.15, -0.1) is 0 Å². The second kappa shape index (κ2) is 5.35. The highest BCUT2D eigenvalue weighted by Crippen LogP contribution is 2.40. The van der Waals surface area contributed by atoms with Crippen LogP contribution >= 0.6 is 0 Å². The van der Waals surface area contributed by atoms with Crippen LogP contribution in [0.1, 0.15) is 39.5 Å². The van der Waals surface area contributed by atoms with Gasteiger partial charge in [-0.1, -0.05) is 26.7 Å². The van der Waals surface area contributed by atoms with E-state index >= 15 is 0 Å². The molecule has 17 heavy (non-hydrogen) atoms. The largest absolute Gasteiger partial charge is 0.355 e. The molecule has 0 aliphatic heterocycles. The summed E-state index contributed by atoms with van der Waals surface area (Å²) >= 11 is 0.